The molecule has 1 aliphatic heterocycles. The minimum Gasteiger partial charge on any atom is -0.327 e. The van der Waals surface area contributed by atoms with Crippen molar-refractivity contribution >= 4 is 11.7 Å². The van der Waals surface area contributed by atoms with Crippen LogP contribution in [0, 0.1) is 5.82 Å². The highest BCUT2D eigenvalue weighted by Gasteiger charge is 2.28. The smallest absolute Gasteiger partial charge is 0.254 e. The number of hydrogen-bond acceptors (Lipinski definition) is 2. The largest absolute Gasteiger partial charge is 0.327 e. The molecule has 0 unspecified atom stereocenters. The lowest BCUT2D eigenvalue weighted by Gasteiger charge is -2.14. The standard InChI is InChI=1S/C16H12FNO2/c17-14-8-4-3-7-13(14)15(19)10-18-9-11-5-1-2-6-12(11)16(18)20/h1-8H,9-10H2. The van der Waals surface area contributed by atoms with Gasteiger partial charge in [0, 0.05) is 12.1 Å². The first kappa shape index (κ1) is 12.5. The van der Waals surface area contributed by atoms with Gasteiger partial charge in [0.2, 0.25) is 0 Å². The monoisotopic (exact) mass is 269 g/mol. The zero-order chi connectivity index (χ0) is 14.1. The van der Waals surface area contributed by atoms with Crippen molar-refractivity contribution in [3.63, 3.8) is 0 Å². The third kappa shape index (κ3) is 2.09. The molecular weight excluding hydrogens is 257 g/mol. The number of ketones is 1. The van der Waals surface area contributed by atoms with Crippen LogP contribution >= 0.6 is 0 Å². The molecule has 1 heterocycles. The molecule has 1 aliphatic rings. The van der Waals surface area contributed by atoms with Crippen LogP contribution in [-0.4, -0.2) is 23.1 Å². The summed E-state index contributed by atoms with van der Waals surface area (Å²) in [7, 11) is 0. The number of fused-ring (bicyclic) bond motifs is 1. The van der Waals surface area contributed by atoms with Crippen LogP contribution in [0.3, 0.4) is 0 Å². The van der Waals surface area contributed by atoms with E-state index in [4.69, 9.17) is 0 Å². The Kier molecular flexibility index (Phi) is 3.06. The van der Waals surface area contributed by atoms with E-state index in [-0.39, 0.29) is 23.8 Å². The predicted molar refractivity (Wildman–Crippen MR) is 71.9 cm³/mol. The van der Waals surface area contributed by atoms with Crippen LogP contribution < -0.4 is 0 Å². The van der Waals surface area contributed by atoms with Crippen LogP contribution in [-0.2, 0) is 6.54 Å². The fraction of sp³-hybridized carbons (Fsp3) is 0.125. The molecule has 0 bridgehead atoms. The number of Topliss-reactive ketones (excluding diaryl/α,β-unsaturated/α-hetero) is 1. The molecule has 0 fully saturated rings. The van der Waals surface area contributed by atoms with E-state index in [9.17, 15) is 14.0 Å². The predicted octanol–water partition coefficient (Wildman–Crippen LogP) is 2.66. The van der Waals surface area contributed by atoms with E-state index in [0.29, 0.717) is 12.1 Å². The van der Waals surface area contributed by atoms with Crippen molar-refractivity contribution in [1.82, 2.24) is 4.90 Å². The Balaban J connectivity index is 1.79. The number of amides is 1. The number of carbonyl (C=O) groups is 2. The Bertz CT molecular complexity index is 696. The van der Waals surface area contributed by atoms with Gasteiger partial charge in [-0.15, -0.1) is 0 Å². The van der Waals surface area contributed by atoms with E-state index >= 15 is 0 Å². The molecule has 1 amide bonds. The van der Waals surface area contributed by atoms with Crippen molar-refractivity contribution in [3.8, 4) is 0 Å². The van der Waals surface area contributed by atoms with Gasteiger partial charge in [-0.1, -0.05) is 30.3 Å². The highest BCUT2D eigenvalue weighted by atomic mass is 19.1. The van der Waals surface area contributed by atoms with Crippen LogP contribution in [0.4, 0.5) is 4.39 Å². The number of nitrogens with zero attached hydrogens (tertiary/aromatic N) is 1. The van der Waals surface area contributed by atoms with Crippen molar-refractivity contribution in [3.05, 3.63) is 71.0 Å². The molecule has 0 aliphatic carbocycles. The lowest BCUT2D eigenvalue weighted by atomic mass is 10.1. The molecule has 0 spiro atoms. The first-order chi connectivity index (χ1) is 9.66. The molecule has 0 atom stereocenters. The summed E-state index contributed by atoms with van der Waals surface area (Å²) >= 11 is 0. The van der Waals surface area contributed by atoms with Gasteiger partial charge in [-0.25, -0.2) is 4.39 Å². The molecule has 0 aromatic heterocycles. The second kappa shape index (κ2) is 4.89. The zero-order valence-electron chi connectivity index (χ0n) is 10.7. The van der Waals surface area contributed by atoms with Crippen LogP contribution in [0.25, 0.3) is 0 Å². The Labute approximate surface area is 115 Å². The average Bonchev–Trinajstić information content (AvgIpc) is 2.76. The molecule has 3 nitrogen and oxygen atoms in total. The summed E-state index contributed by atoms with van der Waals surface area (Å²) < 4.78 is 13.5. The molecule has 4 heteroatoms. The van der Waals surface area contributed by atoms with E-state index in [1.807, 2.05) is 12.1 Å². The van der Waals surface area contributed by atoms with Crippen molar-refractivity contribution in [2.45, 2.75) is 6.54 Å². The summed E-state index contributed by atoms with van der Waals surface area (Å²) in [6.45, 7) is 0.295. The molecule has 0 saturated carbocycles. The van der Waals surface area contributed by atoms with E-state index in [2.05, 4.69) is 0 Å². The first-order valence-electron chi connectivity index (χ1n) is 6.32. The summed E-state index contributed by atoms with van der Waals surface area (Å²) in [6, 6.07) is 13.1. The van der Waals surface area contributed by atoms with E-state index in [0.717, 1.165) is 5.56 Å². The maximum absolute atomic E-state index is 13.5. The minimum atomic E-state index is -0.554. The summed E-state index contributed by atoms with van der Waals surface area (Å²) in [5.41, 5.74) is 1.55. The molecule has 20 heavy (non-hydrogen) atoms. The lowest BCUT2D eigenvalue weighted by molar-refractivity contribution is 0.0727. The number of carbonyl (C=O) groups excluding carboxylic acids is 2. The third-order valence-corrected chi connectivity index (χ3v) is 3.40. The zero-order valence-corrected chi connectivity index (χ0v) is 10.7. The van der Waals surface area contributed by atoms with Gasteiger partial charge in [0.15, 0.2) is 5.78 Å². The highest BCUT2D eigenvalue weighted by Crippen LogP contribution is 2.22. The summed E-state index contributed by atoms with van der Waals surface area (Å²) in [5, 5.41) is 0. The number of benzene rings is 2. The van der Waals surface area contributed by atoms with Crippen molar-refractivity contribution < 1.29 is 14.0 Å². The van der Waals surface area contributed by atoms with Gasteiger partial charge in [0.25, 0.3) is 5.91 Å². The molecule has 0 saturated heterocycles. The number of hydrogen-bond donors (Lipinski definition) is 0. The third-order valence-electron chi connectivity index (χ3n) is 3.40. The topological polar surface area (TPSA) is 37.4 Å². The Hall–Kier alpha value is -2.49. The molecule has 2 aromatic carbocycles. The van der Waals surface area contributed by atoms with Crippen LogP contribution in [0.1, 0.15) is 26.3 Å². The van der Waals surface area contributed by atoms with Gasteiger partial charge in [-0.05, 0) is 23.8 Å². The normalized spacial score (nSPS) is 13.4. The van der Waals surface area contributed by atoms with Gasteiger partial charge < -0.3 is 4.90 Å². The van der Waals surface area contributed by atoms with Gasteiger partial charge in [-0.2, -0.15) is 0 Å². The fourth-order valence-electron chi connectivity index (χ4n) is 2.39. The van der Waals surface area contributed by atoms with E-state index in [1.54, 1.807) is 18.2 Å². The lowest BCUT2D eigenvalue weighted by Crippen LogP contribution is -2.30. The van der Waals surface area contributed by atoms with Crippen molar-refractivity contribution in [2.75, 3.05) is 6.54 Å². The van der Waals surface area contributed by atoms with Gasteiger partial charge in [0.05, 0.1) is 12.1 Å². The number of rotatable bonds is 3. The van der Waals surface area contributed by atoms with Crippen LogP contribution in [0.2, 0.25) is 0 Å². The quantitative estimate of drug-likeness (QED) is 0.803. The van der Waals surface area contributed by atoms with Crippen molar-refractivity contribution in [1.29, 1.82) is 0 Å². The van der Waals surface area contributed by atoms with Gasteiger partial charge >= 0.3 is 0 Å². The SMILES string of the molecule is O=C(CN1Cc2ccccc2C1=O)c1ccccc1F. The molecule has 0 radical (unpaired) electrons. The summed E-state index contributed by atoms with van der Waals surface area (Å²) in [5.74, 6) is -1.11. The minimum absolute atomic E-state index is 0.0243. The molecular formula is C16H12FNO2. The van der Waals surface area contributed by atoms with Crippen LogP contribution in [0.15, 0.2) is 48.5 Å². The maximum Gasteiger partial charge on any atom is 0.254 e. The Morgan fingerprint density at radius 3 is 2.55 bits per heavy atom. The summed E-state index contributed by atoms with van der Waals surface area (Å²) in [4.78, 5) is 25.7. The Morgan fingerprint density at radius 2 is 1.80 bits per heavy atom. The van der Waals surface area contributed by atoms with Crippen molar-refractivity contribution in [2.24, 2.45) is 0 Å². The molecule has 0 N–H and O–H groups in total. The molecule has 100 valence electrons. The summed E-state index contributed by atoms with van der Waals surface area (Å²) in [6.07, 6.45) is 0. The number of halogens is 1. The van der Waals surface area contributed by atoms with Gasteiger partial charge in [0.1, 0.15) is 5.82 Å². The average molecular weight is 269 g/mol. The maximum atomic E-state index is 13.5. The second-order valence-corrected chi connectivity index (χ2v) is 4.72. The fourth-order valence-corrected chi connectivity index (χ4v) is 2.39. The van der Waals surface area contributed by atoms with E-state index in [1.165, 1.54) is 23.1 Å². The molecule has 3 rings (SSSR count). The molecule has 2 aromatic rings. The van der Waals surface area contributed by atoms with Crippen LogP contribution in [0.5, 0.6) is 0 Å². The second-order valence-electron chi connectivity index (χ2n) is 4.72. The Morgan fingerprint density at radius 1 is 1.10 bits per heavy atom. The highest BCUT2D eigenvalue weighted by molar-refractivity contribution is 6.04. The first-order valence-corrected chi connectivity index (χ1v) is 6.32. The van der Waals surface area contributed by atoms with E-state index < -0.39 is 5.82 Å². The van der Waals surface area contributed by atoms with Gasteiger partial charge in [-0.3, -0.25) is 9.59 Å².